The Hall–Kier alpha value is -1.20. The van der Waals surface area contributed by atoms with E-state index in [9.17, 15) is 0 Å². The molecule has 0 bridgehead atoms. The maximum atomic E-state index is 2.57. The second-order valence-electron chi connectivity index (χ2n) is 8.87. The van der Waals surface area contributed by atoms with Gasteiger partial charge >= 0.3 is 175 Å². The van der Waals surface area contributed by atoms with Crippen LogP contribution in [0, 0.1) is 0 Å². The Balaban J connectivity index is 1.23. The molecule has 0 atom stereocenters. The summed E-state index contributed by atoms with van der Waals surface area (Å²) in [5.41, 5.74) is 12.9. The molecule has 134 valence electrons. The molecule has 0 heterocycles. The zero-order valence-corrected chi connectivity index (χ0v) is 18.5. The molecule has 0 fully saturated rings. The van der Waals surface area contributed by atoms with Crippen LogP contribution in [-0.2, 0) is 61.8 Å². The van der Waals surface area contributed by atoms with E-state index in [0.717, 1.165) is 0 Å². The molecule has 0 amide bonds. The molecule has 0 saturated heterocycles. The van der Waals surface area contributed by atoms with Crippen LogP contribution in [0.3, 0.4) is 0 Å². The van der Waals surface area contributed by atoms with Crippen molar-refractivity contribution in [1.29, 1.82) is 0 Å². The summed E-state index contributed by atoms with van der Waals surface area (Å²) in [7, 11) is 0. The van der Waals surface area contributed by atoms with Crippen LogP contribution in [0.2, 0.25) is 0 Å². The predicted octanol–water partition coefficient (Wildman–Crippen LogP) is 6.02. The predicted molar refractivity (Wildman–Crippen MR) is 110 cm³/mol. The number of hydrogen-bond donors (Lipinski definition) is 0. The number of aryl methyl sites for hydroxylation is 4. The fourth-order valence-corrected chi connectivity index (χ4v) is 9.05. The van der Waals surface area contributed by atoms with Crippen LogP contribution < -0.4 is 0 Å². The third-order valence-electron chi connectivity index (χ3n) is 6.95. The fourth-order valence-electron chi connectivity index (χ4n) is 5.54. The van der Waals surface area contributed by atoms with Gasteiger partial charge < -0.3 is 0 Å². The molecule has 0 nitrogen and oxygen atoms in total. The van der Waals surface area contributed by atoms with Gasteiger partial charge in [0.2, 0.25) is 0 Å². The topological polar surface area (TPSA) is 0 Å². The molecule has 4 aliphatic carbocycles. The molecule has 0 saturated carbocycles. The van der Waals surface area contributed by atoms with Crippen LogP contribution in [0.4, 0.5) is 0 Å². The Bertz CT molecular complexity index is 924. The van der Waals surface area contributed by atoms with Gasteiger partial charge in [0.15, 0.2) is 0 Å². The Morgan fingerprint density at radius 1 is 0.481 bits per heavy atom. The number of hydrogen-bond acceptors (Lipinski definition) is 0. The van der Waals surface area contributed by atoms with Gasteiger partial charge in [-0.15, -0.1) is 0 Å². The van der Waals surface area contributed by atoms with E-state index in [0.29, 0.717) is 0 Å². The zero-order valence-electron chi connectivity index (χ0n) is 16.0. The first-order valence-corrected chi connectivity index (χ1v) is 13.3. The number of fused-ring (bicyclic) bond motifs is 4. The summed E-state index contributed by atoms with van der Waals surface area (Å²) >= 11 is -0.609. The van der Waals surface area contributed by atoms with Gasteiger partial charge in [-0.2, -0.15) is 0 Å². The number of rotatable bonds is 2. The van der Waals surface area contributed by atoms with Crippen molar-refractivity contribution >= 4 is 12.2 Å². The van der Waals surface area contributed by atoms with Crippen LogP contribution in [0.25, 0.3) is 12.2 Å². The van der Waals surface area contributed by atoms with E-state index in [2.05, 4.69) is 36.4 Å². The third kappa shape index (κ3) is 3.07. The van der Waals surface area contributed by atoms with Gasteiger partial charge in [-0.25, -0.2) is 0 Å². The van der Waals surface area contributed by atoms with Gasteiger partial charge in [-0.05, 0) is 0 Å². The molecule has 2 aromatic rings. The van der Waals surface area contributed by atoms with Gasteiger partial charge in [0.1, 0.15) is 0 Å². The summed E-state index contributed by atoms with van der Waals surface area (Å²) in [6, 6.07) is 10.2. The van der Waals surface area contributed by atoms with Crippen LogP contribution in [-0.4, -0.2) is 0 Å². The quantitative estimate of drug-likeness (QED) is 0.547. The molecule has 0 spiro atoms. The summed E-state index contributed by atoms with van der Waals surface area (Å²) in [6.07, 6.45) is 18.4. The molecule has 2 aromatic carbocycles. The Kier molecular flexibility index (Phi) is 4.15. The normalized spacial score (nSPS) is 19.6. The molecule has 0 radical (unpaired) electrons. The second-order valence-corrected chi connectivity index (χ2v) is 12.6. The molecule has 4 aliphatic rings. The van der Waals surface area contributed by atoms with Gasteiger partial charge in [0.05, 0.1) is 0 Å². The fraction of sp³-hybridized carbons (Fsp3) is 0.385. The molecule has 27 heavy (non-hydrogen) atoms. The van der Waals surface area contributed by atoms with Crippen molar-refractivity contribution in [2.45, 2.75) is 64.2 Å². The Morgan fingerprint density at radius 3 is 1.33 bits per heavy atom. The van der Waals surface area contributed by atoms with Crippen LogP contribution in [0.5, 0.6) is 0 Å². The van der Waals surface area contributed by atoms with E-state index >= 15 is 0 Å². The summed E-state index contributed by atoms with van der Waals surface area (Å²) in [5, 5.41) is 0. The van der Waals surface area contributed by atoms with E-state index in [1.165, 1.54) is 64.2 Å². The summed E-state index contributed by atoms with van der Waals surface area (Å²) < 4.78 is 3.58. The van der Waals surface area contributed by atoms with Crippen molar-refractivity contribution in [2.75, 3.05) is 0 Å². The Morgan fingerprint density at radius 2 is 0.889 bits per heavy atom. The molecule has 6 rings (SSSR count). The van der Waals surface area contributed by atoms with Crippen molar-refractivity contribution in [2.24, 2.45) is 0 Å². The molecule has 0 aromatic heterocycles. The minimum absolute atomic E-state index is 0.609. The summed E-state index contributed by atoms with van der Waals surface area (Å²) in [4.78, 5) is 0. The van der Waals surface area contributed by atoms with Crippen molar-refractivity contribution in [3.8, 4) is 0 Å². The van der Waals surface area contributed by atoms with E-state index in [1.54, 1.807) is 51.1 Å². The van der Waals surface area contributed by atoms with E-state index in [1.807, 2.05) is 0 Å². The van der Waals surface area contributed by atoms with Crippen LogP contribution in [0.1, 0.15) is 70.2 Å². The summed E-state index contributed by atoms with van der Waals surface area (Å²) in [5.74, 6) is 0. The molecule has 0 aliphatic heterocycles. The SMILES string of the molecule is C1=[C]([Zr][C]2=Cc3cc4c(cc3C2)CCCC4)Cc2cc3c(cc21)CCCC3. The van der Waals surface area contributed by atoms with E-state index in [4.69, 9.17) is 0 Å². The second kappa shape index (κ2) is 6.70. The summed E-state index contributed by atoms with van der Waals surface area (Å²) in [6.45, 7) is 0. The van der Waals surface area contributed by atoms with E-state index in [-0.39, 0.29) is 0 Å². The Labute approximate surface area is 174 Å². The maximum absolute atomic E-state index is 2.57. The minimum atomic E-state index is -0.609. The molecule has 0 N–H and O–H groups in total. The molecule has 1 heteroatoms. The third-order valence-corrected chi connectivity index (χ3v) is 10.1. The van der Waals surface area contributed by atoms with Crippen molar-refractivity contribution in [1.82, 2.24) is 0 Å². The van der Waals surface area contributed by atoms with Crippen molar-refractivity contribution in [3.05, 3.63) is 75.3 Å². The average molecular weight is 430 g/mol. The van der Waals surface area contributed by atoms with Gasteiger partial charge in [-0.1, -0.05) is 0 Å². The van der Waals surface area contributed by atoms with Gasteiger partial charge in [0.25, 0.3) is 0 Å². The van der Waals surface area contributed by atoms with Crippen LogP contribution in [0.15, 0.2) is 30.8 Å². The van der Waals surface area contributed by atoms with Gasteiger partial charge in [-0.3, -0.25) is 0 Å². The first kappa shape index (κ1) is 16.7. The van der Waals surface area contributed by atoms with Crippen molar-refractivity contribution < 1.29 is 23.2 Å². The molecule has 0 unspecified atom stereocenters. The number of benzene rings is 2. The van der Waals surface area contributed by atoms with Gasteiger partial charge in [0, 0.05) is 0 Å². The molecular weight excluding hydrogens is 404 g/mol. The first-order chi connectivity index (χ1) is 13.3. The average Bonchev–Trinajstić information content (AvgIpc) is 3.25. The van der Waals surface area contributed by atoms with Crippen LogP contribution >= 0.6 is 0 Å². The van der Waals surface area contributed by atoms with E-state index < -0.39 is 23.2 Å². The zero-order chi connectivity index (χ0) is 17.8. The number of allylic oxidation sites excluding steroid dienone is 2. The monoisotopic (exact) mass is 428 g/mol. The van der Waals surface area contributed by atoms with Crippen molar-refractivity contribution in [3.63, 3.8) is 0 Å². The first-order valence-electron chi connectivity index (χ1n) is 10.8. The molecular formula is C26H26Zr. The standard InChI is InChI=1S/2C13H13.Zr/c2*1-2-5-11-9-13-7-3-6-12(13)8-10(11)4-1;/h2*6,8-9H,1-2,4-5,7H2;.